The van der Waals surface area contributed by atoms with Gasteiger partial charge in [-0.25, -0.2) is 4.79 Å². The third-order valence-electron chi connectivity index (χ3n) is 12.1. The minimum atomic E-state index is -1.92. The van der Waals surface area contributed by atoms with Crippen molar-refractivity contribution in [3.63, 3.8) is 0 Å². The van der Waals surface area contributed by atoms with Crippen LogP contribution in [-0.2, 0) is 42.9 Å². The zero-order valence-corrected chi connectivity index (χ0v) is 43.3. The van der Waals surface area contributed by atoms with E-state index in [0.29, 0.717) is 25.7 Å². The Bertz CT molecular complexity index is 1440. The maximum Gasteiger partial charge on any atom is 0.335 e. The zero-order chi connectivity index (χ0) is 50.4. The first-order valence-electron chi connectivity index (χ1n) is 27.3. The molecule has 0 radical (unpaired) electrons. The van der Waals surface area contributed by atoms with Crippen molar-refractivity contribution in [3.8, 4) is 0 Å². The van der Waals surface area contributed by atoms with Crippen LogP contribution in [0.15, 0.2) is 60.8 Å². The summed E-state index contributed by atoms with van der Waals surface area (Å²) in [4.78, 5) is 50.8. The van der Waals surface area contributed by atoms with Crippen LogP contribution >= 0.6 is 0 Å². The van der Waals surface area contributed by atoms with Gasteiger partial charge in [0.15, 0.2) is 24.6 Å². The quantitative estimate of drug-likeness (QED) is 0.0228. The number of aliphatic hydroxyl groups excluding tert-OH is 2. The molecule has 1 saturated heterocycles. The number of rotatable bonds is 45. The third-order valence-corrected chi connectivity index (χ3v) is 12.1. The highest BCUT2D eigenvalue weighted by Crippen LogP contribution is 2.26. The first-order valence-corrected chi connectivity index (χ1v) is 27.3. The monoisotopic (exact) mass is 973 g/mol. The molecule has 0 aromatic heterocycles. The first kappa shape index (κ1) is 63.4. The summed E-state index contributed by atoms with van der Waals surface area (Å²) in [5.74, 6) is -3.23. The fraction of sp³-hybridized carbons (Fsp3) is 0.754. The maximum absolute atomic E-state index is 13.1. The smallest absolute Gasteiger partial charge is 0.335 e. The molecular weight excluding hydrogens is 877 g/mol. The standard InChI is InChI=1S/C57H96O12/c1-4-7-10-13-16-19-22-25-28-31-34-37-40-43-49(58)65-46-48(67-50(59)44-41-38-35-32-29-26-23-20-17-14-11-8-5-2)47-66-57-55(53(62)52(61)54(69-57)56(63)64)68-51(60)45-42-39-36-33-30-27-24-21-18-15-12-9-6-3/h9,12,18-19,21-22,27,30,36,39,48,52-55,57,61-62H,4-8,10-11,13-17,20,23-26,28-29,31-35,37-38,40-47H2,1-3H3,(H,63,64)/b12-9-,21-18-,22-19-,30-27-,39-36-. The summed E-state index contributed by atoms with van der Waals surface area (Å²) in [6, 6.07) is 0. The Labute approximate surface area is 417 Å². The van der Waals surface area contributed by atoms with Crippen LogP contribution in [0.2, 0.25) is 0 Å². The van der Waals surface area contributed by atoms with E-state index in [-0.39, 0.29) is 25.9 Å². The van der Waals surface area contributed by atoms with Crippen LogP contribution < -0.4 is 0 Å². The summed E-state index contributed by atoms with van der Waals surface area (Å²) in [7, 11) is 0. The predicted octanol–water partition coefficient (Wildman–Crippen LogP) is 13.2. The van der Waals surface area contributed by atoms with E-state index in [1.54, 1.807) is 0 Å². The molecule has 1 heterocycles. The second-order valence-corrected chi connectivity index (χ2v) is 18.5. The van der Waals surface area contributed by atoms with Gasteiger partial charge >= 0.3 is 23.9 Å². The van der Waals surface area contributed by atoms with Crippen molar-refractivity contribution >= 4 is 23.9 Å². The van der Waals surface area contributed by atoms with Gasteiger partial charge in [-0.1, -0.05) is 197 Å². The summed E-state index contributed by atoms with van der Waals surface area (Å²) in [5.41, 5.74) is 0. The van der Waals surface area contributed by atoms with Crippen molar-refractivity contribution < 1.29 is 58.2 Å². The molecule has 12 heteroatoms. The van der Waals surface area contributed by atoms with E-state index in [1.807, 2.05) is 18.2 Å². The van der Waals surface area contributed by atoms with Crippen molar-refractivity contribution in [1.82, 2.24) is 0 Å². The summed E-state index contributed by atoms with van der Waals surface area (Å²) in [6.45, 7) is 5.80. The van der Waals surface area contributed by atoms with Crippen molar-refractivity contribution in [2.45, 2.75) is 263 Å². The lowest BCUT2D eigenvalue weighted by Gasteiger charge is -2.40. The van der Waals surface area contributed by atoms with E-state index >= 15 is 0 Å². The van der Waals surface area contributed by atoms with Crippen LogP contribution in [-0.4, -0.2) is 89.2 Å². The molecule has 6 atom stereocenters. The van der Waals surface area contributed by atoms with E-state index in [0.717, 1.165) is 77.0 Å². The maximum atomic E-state index is 13.1. The van der Waals surface area contributed by atoms with E-state index in [2.05, 4.69) is 63.3 Å². The summed E-state index contributed by atoms with van der Waals surface area (Å²) in [6.07, 6.45) is 42.2. The van der Waals surface area contributed by atoms with Gasteiger partial charge in [0.1, 0.15) is 18.8 Å². The number of aliphatic carboxylic acids is 1. The molecule has 1 aliphatic heterocycles. The molecule has 0 bridgehead atoms. The second kappa shape index (κ2) is 45.6. The number of aliphatic hydroxyl groups is 2. The summed E-state index contributed by atoms with van der Waals surface area (Å²) >= 11 is 0. The second-order valence-electron chi connectivity index (χ2n) is 18.5. The average Bonchev–Trinajstić information content (AvgIpc) is 3.33. The van der Waals surface area contributed by atoms with Crippen molar-refractivity contribution in [1.29, 1.82) is 0 Å². The van der Waals surface area contributed by atoms with Crippen LogP contribution in [0.3, 0.4) is 0 Å². The molecule has 0 spiro atoms. The van der Waals surface area contributed by atoms with Gasteiger partial charge in [-0.3, -0.25) is 14.4 Å². The van der Waals surface area contributed by atoms with Gasteiger partial charge in [-0.05, 0) is 70.6 Å². The Morgan fingerprint density at radius 1 is 0.493 bits per heavy atom. The van der Waals surface area contributed by atoms with Gasteiger partial charge in [-0.2, -0.15) is 0 Å². The lowest BCUT2D eigenvalue weighted by molar-refractivity contribution is -0.301. The van der Waals surface area contributed by atoms with Gasteiger partial charge in [0.05, 0.1) is 6.61 Å². The van der Waals surface area contributed by atoms with Gasteiger partial charge in [0.2, 0.25) is 0 Å². The first-order chi connectivity index (χ1) is 33.6. The van der Waals surface area contributed by atoms with Crippen LogP contribution in [0, 0.1) is 0 Å². The Hall–Kier alpha value is -3.58. The number of carboxylic acid groups (broad SMARTS) is 1. The van der Waals surface area contributed by atoms with E-state index in [4.69, 9.17) is 23.7 Å². The van der Waals surface area contributed by atoms with Crippen LogP contribution in [0.4, 0.5) is 0 Å². The average molecular weight is 973 g/mol. The number of carbonyl (C=O) groups excluding carboxylic acids is 3. The molecule has 12 nitrogen and oxygen atoms in total. The van der Waals surface area contributed by atoms with Crippen molar-refractivity contribution in [3.05, 3.63) is 60.8 Å². The van der Waals surface area contributed by atoms with Crippen LogP contribution in [0.5, 0.6) is 0 Å². The predicted molar refractivity (Wildman–Crippen MR) is 275 cm³/mol. The minimum Gasteiger partial charge on any atom is -0.479 e. The van der Waals surface area contributed by atoms with Gasteiger partial charge in [0.25, 0.3) is 0 Å². The van der Waals surface area contributed by atoms with Crippen molar-refractivity contribution in [2.75, 3.05) is 13.2 Å². The minimum absolute atomic E-state index is 0.0609. The SMILES string of the molecule is CC/C=C\C/C=C\C/C=C\C/C=C\CCC(=O)OC1C(OCC(COC(=O)CCCCCCC/C=C\CCCCCC)OC(=O)CCCCCCCCCCCCCCC)OC(C(=O)O)C(O)C1O. The molecule has 0 aromatic rings. The number of carbonyl (C=O) groups is 4. The molecule has 1 rings (SSSR count). The number of hydrogen-bond acceptors (Lipinski definition) is 11. The lowest BCUT2D eigenvalue weighted by atomic mass is 9.98. The topological polar surface area (TPSA) is 175 Å². The molecule has 69 heavy (non-hydrogen) atoms. The molecule has 6 unspecified atom stereocenters. The molecule has 0 aromatic carbocycles. The Kier molecular flexibility index (Phi) is 41.9. The molecule has 0 saturated carbocycles. The molecule has 0 aliphatic carbocycles. The number of hydrogen-bond donors (Lipinski definition) is 3. The van der Waals surface area contributed by atoms with Gasteiger partial charge < -0.3 is 39.0 Å². The number of carboxylic acids is 1. The normalized spacial score (nSPS) is 19.1. The molecule has 1 fully saturated rings. The fourth-order valence-electron chi connectivity index (χ4n) is 7.90. The third kappa shape index (κ3) is 36.1. The lowest BCUT2D eigenvalue weighted by Crippen LogP contribution is -2.61. The highest BCUT2D eigenvalue weighted by atomic mass is 16.7. The summed E-state index contributed by atoms with van der Waals surface area (Å²) < 4.78 is 28.2. The molecule has 1 aliphatic rings. The van der Waals surface area contributed by atoms with E-state index in [9.17, 15) is 34.5 Å². The fourth-order valence-corrected chi connectivity index (χ4v) is 7.90. The van der Waals surface area contributed by atoms with Gasteiger partial charge in [-0.15, -0.1) is 0 Å². The van der Waals surface area contributed by atoms with Gasteiger partial charge in [0, 0.05) is 19.3 Å². The Balaban J connectivity index is 2.77. The van der Waals surface area contributed by atoms with E-state index < -0.39 is 67.3 Å². The number of unbranched alkanes of at least 4 members (excludes halogenated alkanes) is 21. The highest BCUT2D eigenvalue weighted by Gasteiger charge is 2.50. The molecule has 3 N–H and O–H groups in total. The highest BCUT2D eigenvalue weighted by molar-refractivity contribution is 5.74. The summed E-state index contributed by atoms with van der Waals surface area (Å²) in [5, 5.41) is 31.3. The molecule has 0 amide bonds. The van der Waals surface area contributed by atoms with Crippen molar-refractivity contribution in [2.24, 2.45) is 0 Å². The Morgan fingerprint density at radius 3 is 1.46 bits per heavy atom. The van der Waals surface area contributed by atoms with E-state index in [1.165, 1.54) is 83.5 Å². The van der Waals surface area contributed by atoms with Crippen LogP contribution in [0.25, 0.3) is 0 Å². The van der Waals surface area contributed by atoms with Crippen LogP contribution in [0.1, 0.15) is 226 Å². The molecular formula is C57H96O12. The Morgan fingerprint density at radius 2 is 0.942 bits per heavy atom. The molecule has 396 valence electrons. The zero-order valence-electron chi connectivity index (χ0n) is 43.3. The number of ether oxygens (including phenoxy) is 5. The largest absolute Gasteiger partial charge is 0.479 e. The number of esters is 3. The number of allylic oxidation sites excluding steroid dienone is 10.